The highest BCUT2D eigenvalue weighted by atomic mass is 32.1. The molecule has 0 spiro atoms. The fourth-order valence-corrected chi connectivity index (χ4v) is 4.37. The van der Waals surface area contributed by atoms with Gasteiger partial charge in [0, 0.05) is 23.2 Å². The van der Waals surface area contributed by atoms with Crippen molar-refractivity contribution in [2.24, 2.45) is 0 Å². The standard InChI is InChI=1S/C25H26N4O5S/c1-25(2,3)28-22(30)21(20-7-5-11-35-20)29(17-6-4-10-26-14-17)24(32)23(31)27-13-16-8-9-18-19(12-16)34-15-33-18/h4-12,14,21H,13,15H2,1-3H3,(H,27,31)(H,28,30)/t21-/m1/s1. The van der Waals surface area contributed by atoms with Gasteiger partial charge in [-0.15, -0.1) is 11.3 Å². The summed E-state index contributed by atoms with van der Waals surface area (Å²) in [6.07, 6.45) is 3.01. The van der Waals surface area contributed by atoms with Crippen LogP contribution in [0.2, 0.25) is 0 Å². The third kappa shape index (κ3) is 5.78. The minimum atomic E-state index is -1.05. The molecule has 4 rings (SSSR count). The van der Waals surface area contributed by atoms with Crippen molar-refractivity contribution in [2.45, 2.75) is 38.9 Å². The zero-order valence-electron chi connectivity index (χ0n) is 19.6. The van der Waals surface area contributed by atoms with E-state index in [4.69, 9.17) is 9.47 Å². The number of thiophene rings is 1. The Hall–Kier alpha value is -3.92. The lowest BCUT2D eigenvalue weighted by Crippen LogP contribution is -2.52. The summed E-state index contributed by atoms with van der Waals surface area (Å²) in [6, 6.07) is 11.1. The molecule has 10 heteroatoms. The number of ether oxygens (including phenoxy) is 2. The summed E-state index contributed by atoms with van der Waals surface area (Å²) in [4.78, 5) is 45.9. The van der Waals surface area contributed by atoms with Gasteiger partial charge in [-0.3, -0.25) is 24.3 Å². The Bertz CT molecular complexity index is 1210. The van der Waals surface area contributed by atoms with Gasteiger partial charge in [0.1, 0.15) is 0 Å². The average molecular weight is 495 g/mol. The highest BCUT2D eigenvalue weighted by Gasteiger charge is 2.37. The van der Waals surface area contributed by atoms with E-state index in [1.54, 1.807) is 48.7 Å². The van der Waals surface area contributed by atoms with Gasteiger partial charge in [0.15, 0.2) is 17.5 Å². The summed E-state index contributed by atoms with van der Waals surface area (Å²) in [7, 11) is 0. The molecule has 0 saturated carbocycles. The second-order valence-corrected chi connectivity index (χ2v) is 9.89. The minimum Gasteiger partial charge on any atom is -0.454 e. The fourth-order valence-electron chi connectivity index (χ4n) is 3.56. The van der Waals surface area contributed by atoms with Gasteiger partial charge >= 0.3 is 11.8 Å². The number of benzene rings is 1. The molecule has 0 unspecified atom stereocenters. The second-order valence-electron chi connectivity index (χ2n) is 8.91. The molecule has 2 N–H and O–H groups in total. The van der Waals surface area contributed by atoms with Crippen LogP contribution in [0.5, 0.6) is 11.5 Å². The maximum Gasteiger partial charge on any atom is 0.317 e. The Kier molecular flexibility index (Phi) is 7.02. The number of rotatable bonds is 6. The van der Waals surface area contributed by atoms with Crippen molar-refractivity contribution in [3.05, 3.63) is 70.7 Å². The van der Waals surface area contributed by atoms with E-state index in [1.807, 2.05) is 26.2 Å². The van der Waals surface area contributed by atoms with E-state index in [2.05, 4.69) is 15.6 Å². The first kappa shape index (κ1) is 24.2. The average Bonchev–Trinajstić information content (AvgIpc) is 3.51. The molecule has 9 nitrogen and oxygen atoms in total. The summed E-state index contributed by atoms with van der Waals surface area (Å²) in [5.74, 6) is -0.919. The van der Waals surface area contributed by atoms with Crippen LogP contribution >= 0.6 is 11.3 Å². The molecule has 1 aliphatic rings. The number of amides is 3. The molecule has 0 bridgehead atoms. The smallest absolute Gasteiger partial charge is 0.317 e. The number of pyridine rings is 1. The van der Waals surface area contributed by atoms with Gasteiger partial charge in [0.05, 0.1) is 11.9 Å². The van der Waals surface area contributed by atoms with E-state index in [1.165, 1.54) is 22.4 Å². The zero-order chi connectivity index (χ0) is 25.0. The summed E-state index contributed by atoms with van der Waals surface area (Å²) in [6.45, 7) is 5.80. The molecular weight excluding hydrogens is 468 g/mol. The number of carbonyl (C=O) groups is 3. The molecular formula is C25H26N4O5S. The SMILES string of the molecule is CC(C)(C)NC(=O)[C@@H](c1cccs1)N(C(=O)C(=O)NCc1ccc2c(c1)OCO2)c1cccnc1. The Labute approximate surface area is 207 Å². The molecule has 1 atom stereocenters. The van der Waals surface area contributed by atoms with Crippen LogP contribution in [-0.4, -0.2) is 35.0 Å². The maximum atomic E-state index is 13.5. The first-order valence-corrected chi connectivity index (χ1v) is 11.9. The van der Waals surface area contributed by atoms with Gasteiger partial charge in [0.25, 0.3) is 0 Å². The van der Waals surface area contributed by atoms with Crippen molar-refractivity contribution in [1.82, 2.24) is 15.6 Å². The maximum absolute atomic E-state index is 13.5. The predicted octanol–water partition coefficient (Wildman–Crippen LogP) is 3.18. The van der Waals surface area contributed by atoms with Crippen LogP contribution in [0.1, 0.15) is 37.3 Å². The van der Waals surface area contributed by atoms with Gasteiger partial charge in [0.2, 0.25) is 12.7 Å². The lowest BCUT2D eigenvalue weighted by atomic mass is 10.1. The van der Waals surface area contributed by atoms with Gasteiger partial charge in [-0.1, -0.05) is 12.1 Å². The number of fused-ring (bicyclic) bond motifs is 1. The molecule has 0 saturated heterocycles. The van der Waals surface area contributed by atoms with E-state index in [0.717, 1.165) is 5.56 Å². The molecule has 1 aliphatic heterocycles. The summed E-state index contributed by atoms with van der Waals surface area (Å²) >= 11 is 1.33. The zero-order valence-corrected chi connectivity index (χ0v) is 20.4. The topological polar surface area (TPSA) is 110 Å². The number of nitrogens with one attached hydrogen (secondary N) is 2. The van der Waals surface area contributed by atoms with Crippen LogP contribution in [0.15, 0.2) is 60.2 Å². The number of carbonyl (C=O) groups excluding carboxylic acids is 3. The van der Waals surface area contributed by atoms with Crippen LogP contribution in [0.25, 0.3) is 0 Å². The number of nitrogens with zero attached hydrogens (tertiary/aromatic N) is 2. The van der Waals surface area contributed by atoms with E-state index < -0.39 is 29.3 Å². The van der Waals surface area contributed by atoms with Gasteiger partial charge in [-0.25, -0.2) is 0 Å². The molecule has 0 fully saturated rings. The van der Waals surface area contributed by atoms with Crippen molar-refractivity contribution < 1.29 is 23.9 Å². The second kappa shape index (κ2) is 10.1. The van der Waals surface area contributed by atoms with Crippen LogP contribution in [0, 0.1) is 0 Å². The molecule has 3 aromatic rings. The van der Waals surface area contributed by atoms with E-state index in [9.17, 15) is 14.4 Å². The highest BCUT2D eigenvalue weighted by molar-refractivity contribution is 7.10. The summed E-state index contributed by atoms with van der Waals surface area (Å²) in [5.41, 5.74) is 0.527. The van der Waals surface area contributed by atoms with E-state index >= 15 is 0 Å². The third-order valence-electron chi connectivity index (χ3n) is 5.04. The Morgan fingerprint density at radius 2 is 1.91 bits per heavy atom. The van der Waals surface area contributed by atoms with Gasteiger partial charge in [-0.2, -0.15) is 0 Å². The molecule has 0 radical (unpaired) electrons. The highest BCUT2D eigenvalue weighted by Crippen LogP contribution is 2.33. The van der Waals surface area contributed by atoms with Crippen molar-refractivity contribution in [3.63, 3.8) is 0 Å². The van der Waals surface area contributed by atoms with Crippen LogP contribution < -0.4 is 25.0 Å². The summed E-state index contributed by atoms with van der Waals surface area (Å²) in [5, 5.41) is 7.40. The molecule has 3 amide bonds. The minimum absolute atomic E-state index is 0.0972. The van der Waals surface area contributed by atoms with Crippen LogP contribution in [0.4, 0.5) is 5.69 Å². The summed E-state index contributed by atoms with van der Waals surface area (Å²) < 4.78 is 10.7. The van der Waals surface area contributed by atoms with Crippen LogP contribution in [-0.2, 0) is 20.9 Å². The Morgan fingerprint density at radius 3 is 2.60 bits per heavy atom. The largest absolute Gasteiger partial charge is 0.454 e. The first-order chi connectivity index (χ1) is 16.7. The fraction of sp³-hybridized carbons (Fsp3) is 0.280. The quantitative estimate of drug-likeness (QED) is 0.510. The van der Waals surface area contributed by atoms with E-state index in [0.29, 0.717) is 22.1 Å². The van der Waals surface area contributed by atoms with Crippen LogP contribution in [0.3, 0.4) is 0 Å². The third-order valence-corrected chi connectivity index (χ3v) is 5.97. The predicted molar refractivity (Wildman–Crippen MR) is 131 cm³/mol. The molecule has 2 aromatic heterocycles. The van der Waals surface area contributed by atoms with Crippen molar-refractivity contribution in [2.75, 3.05) is 11.7 Å². The first-order valence-electron chi connectivity index (χ1n) is 11.0. The molecule has 1 aromatic carbocycles. The Balaban J connectivity index is 1.61. The number of anilines is 1. The monoisotopic (exact) mass is 494 g/mol. The van der Waals surface area contributed by atoms with Crippen molar-refractivity contribution in [3.8, 4) is 11.5 Å². The molecule has 3 heterocycles. The normalized spacial score (nSPS) is 13.1. The van der Waals surface area contributed by atoms with Gasteiger partial charge < -0.3 is 20.1 Å². The number of hydrogen-bond donors (Lipinski definition) is 2. The van der Waals surface area contributed by atoms with Crippen molar-refractivity contribution in [1.29, 1.82) is 0 Å². The molecule has 35 heavy (non-hydrogen) atoms. The lowest BCUT2D eigenvalue weighted by Gasteiger charge is -2.32. The number of hydrogen-bond acceptors (Lipinski definition) is 7. The molecule has 0 aliphatic carbocycles. The Morgan fingerprint density at radius 1 is 1.11 bits per heavy atom. The lowest BCUT2D eigenvalue weighted by molar-refractivity contribution is -0.138. The number of aromatic nitrogens is 1. The van der Waals surface area contributed by atoms with E-state index in [-0.39, 0.29) is 13.3 Å². The van der Waals surface area contributed by atoms with Gasteiger partial charge in [-0.05, 0) is 62.0 Å². The molecule has 182 valence electrons. The van der Waals surface area contributed by atoms with Crippen molar-refractivity contribution >= 4 is 34.7 Å².